The second-order valence-electron chi connectivity index (χ2n) is 4.81. The molecule has 1 saturated heterocycles. The Morgan fingerprint density at radius 3 is 2.86 bits per heavy atom. The van der Waals surface area contributed by atoms with Gasteiger partial charge in [0, 0.05) is 18.7 Å². The maximum absolute atomic E-state index is 12.6. The number of sulfonamides is 1. The van der Waals surface area contributed by atoms with Gasteiger partial charge in [-0.25, -0.2) is 8.42 Å². The fourth-order valence-corrected chi connectivity index (χ4v) is 4.25. The fourth-order valence-electron chi connectivity index (χ4n) is 2.22. The molecule has 2 rings (SSSR count). The van der Waals surface area contributed by atoms with Crippen molar-refractivity contribution in [3.8, 4) is 11.8 Å². The minimum atomic E-state index is -3.69. The number of β-amino-alcohol motifs (C(OH)–C–C–N with tert-alkyl or cyclic N) is 1. The number of piperidine rings is 1. The van der Waals surface area contributed by atoms with Crippen LogP contribution in [-0.4, -0.2) is 43.6 Å². The Morgan fingerprint density at radius 2 is 2.24 bits per heavy atom. The molecule has 1 aliphatic rings. The summed E-state index contributed by atoms with van der Waals surface area (Å²) in [5.41, 5.74) is 5.91. The van der Waals surface area contributed by atoms with E-state index in [0.717, 1.165) is 0 Å². The standard InChI is InChI=1S/C14H17ClN2O3S/c15-13-9-11(3-1-7-16)5-6-14(13)21(19,20)17-8-2-4-12(18)10-17/h5-6,9,12,18H,2,4,7-8,10,16H2. The van der Waals surface area contributed by atoms with Crippen LogP contribution in [0.1, 0.15) is 18.4 Å². The molecule has 1 fully saturated rings. The first-order valence-electron chi connectivity index (χ1n) is 6.62. The van der Waals surface area contributed by atoms with Crippen LogP contribution in [0.2, 0.25) is 5.02 Å². The van der Waals surface area contributed by atoms with E-state index in [0.29, 0.717) is 24.9 Å². The topological polar surface area (TPSA) is 83.6 Å². The molecule has 0 aromatic heterocycles. The van der Waals surface area contributed by atoms with Crippen molar-refractivity contribution in [2.75, 3.05) is 19.6 Å². The van der Waals surface area contributed by atoms with Crippen LogP contribution >= 0.6 is 11.6 Å². The van der Waals surface area contributed by atoms with E-state index in [1.54, 1.807) is 6.07 Å². The highest BCUT2D eigenvalue weighted by Crippen LogP contribution is 2.27. The number of aliphatic hydroxyl groups excluding tert-OH is 1. The van der Waals surface area contributed by atoms with Crippen molar-refractivity contribution in [3.05, 3.63) is 28.8 Å². The Balaban J connectivity index is 2.32. The van der Waals surface area contributed by atoms with Crippen molar-refractivity contribution in [1.82, 2.24) is 4.31 Å². The Labute approximate surface area is 129 Å². The molecule has 1 heterocycles. The lowest BCUT2D eigenvalue weighted by molar-refractivity contribution is 0.108. The minimum absolute atomic E-state index is 0.0385. The third kappa shape index (κ3) is 3.76. The van der Waals surface area contributed by atoms with Crippen LogP contribution in [0.25, 0.3) is 0 Å². The van der Waals surface area contributed by atoms with E-state index < -0.39 is 16.1 Å². The lowest BCUT2D eigenvalue weighted by Crippen LogP contribution is -2.42. The fraction of sp³-hybridized carbons (Fsp3) is 0.429. The largest absolute Gasteiger partial charge is 0.392 e. The van der Waals surface area contributed by atoms with E-state index in [2.05, 4.69) is 11.8 Å². The molecule has 21 heavy (non-hydrogen) atoms. The zero-order valence-corrected chi connectivity index (χ0v) is 13.0. The first kappa shape index (κ1) is 16.3. The number of hydrogen-bond acceptors (Lipinski definition) is 4. The highest BCUT2D eigenvalue weighted by Gasteiger charge is 2.30. The molecule has 0 spiro atoms. The second-order valence-corrected chi connectivity index (χ2v) is 7.12. The lowest BCUT2D eigenvalue weighted by atomic mass is 10.1. The second kappa shape index (κ2) is 6.77. The van der Waals surface area contributed by atoms with Crippen LogP contribution in [0, 0.1) is 11.8 Å². The lowest BCUT2D eigenvalue weighted by Gasteiger charge is -2.29. The number of aliphatic hydroxyl groups is 1. The molecule has 0 radical (unpaired) electrons. The first-order chi connectivity index (χ1) is 9.95. The van der Waals surface area contributed by atoms with Crippen molar-refractivity contribution in [2.24, 2.45) is 5.73 Å². The molecule has 1 atom stereocenters. The molecule has 0 bridgehead atoms. The molecule has 5 nitrogen and oxygen atoms in total. The van der Waals surface area contributed by atoms with Gasteiger partial charge in [0.15, 0.2) is 0 Å². The van der Waals surface area contributed by atoms with Gasteiger partial charge in [-0.3, -0.25) is 0 Å². The average molecular weight is 329 g/mol. The SMILES string of the molecule is NCC#Cc1ccc(S(=O)(=O)N2CCCC(O)C2)c(Cl)c1. The summed E-state index contributed by atoms with van der Waals surface area (Å²) in [5.74, 6) is 5.49. The summed E-state index contributed by atoms with van der Waals surface area (Å²) in [6, 6.07) is 4.55. The monoisotopic (exact) mass is 328 g/mol. The quantitative estimate of drug-likeness (QED) is 0.786. The van der Waals surface area contributed by atoms with Gasteiger partial charge in [0.05, 0.1) is 17.7 Å². The molecule has 1 aromatic carbocycles. The molecule has 7 heteroatoms. The zero-order chi connectivity index (χ0) is 15.5. The summed E-state index contributed by atoms with van der Waals surface area (Å²) >= 11 is 6.08. The number of halogens is 1. The summed E-state index contributed by atoms with van der Waals surface area (Å²) in [7, 11) is -3.69. The van der Waals surface area contributed by atoms with E-state index in [1.807, 2.05) is 0 Å². The van der Waals surface area contributed by atoms with Crippen LogP contribution in [0.15, 0.2) is 23.1 Å². The highest BCUT2D eigenvalue weighted by atomic mass is 35.5. The first-order valence-corrected chi connectivity index (χ1v) is 8.43. The molecular weight excluding hydrogens is 312 g/mol. The Hall–Kier alpha value is -1.10. The van der Waals surface area contributed by atoms with E-state index in [-0.39, 0.29) is 23.0 Å². The maximum Gasteiger partial charge on any atom is 0.244 e. The van der Waals surface area contributed by atoms with Crippen LogP contribution in [0.4, 0.5) is 0 Å². The van der Waals surface area contributed by atoms with E-state index >= 15 is 0 Å². The van der Waals surface area contributed by atoms with E-state index in [4.69, 9.17) is 17.3 Å². The molecule has 0 aliphatic carbocycles. The van der Waals surface area contributed by atoms with Gasteiger partial charge in [-0.15, -0.1) is 0 Å². The van der Waals surface area contributed by atoms with Crippen molar-refractivity contribution < 1.29 is 13.5 Å². The van der Waals surface area contributed by atoms with Crippen molar-refractivity contribution >= 4 is 21.6 Å². The Bertz CT molecular complexity index is 679. The minimum Gasteiger partial charge on any atom is -0.392 e. The van der Waals surface area contributed by atoms with Gasteiger partial charge in [-0.1, -0.05) is 23.4 Å². The summed E-state index contributed by atoms with van der Waals surface area (Å²) in [6.45, 7) is 0.723. The summed E-state index contributed by atoms with van der Waals surface area (Å²) in [6.07, 6.45) is 0.632. The van der Waals surface area contributed by atoms with Crippen molar-refractivity contribution in [1.29, 1.82) is 0 Å². The number of hydrogen-bond donors (Lipinski definition) is 2. The number of rotatable bonds is 2. The molecule has 0 saturated carbocycles. The average Bonchev–Trinajstić information content (AvgIpc) is 2.45. The third-order valence-corrected chi connectivity index (χ3v) is 5.59. The number of nitrogens with two attached hydrogens (primary N) is 1. The summed E-state index contributed by atoms with van der Waals surface area (Å²) in [5, 5.41) is 9.76. The van der Waals surface area contributed by atoms with E-state index in [1.165, 1.54) is 16.4 Å². The summed E-state index contributed by atoms with van der Waals surface area (Å²) in [4.78, 5) is 0.0385. The molecule has 3 N–H and O–H groups in total. The number of nitrogens with zero attached hydrogens (tertiary/aromatic N) is 1. The van der Waals surface area contributed by atoms with Gasteiger partial charge in [0.25, 0.3) is 0 Å². The van der Waals surface area contributed by atoms with Gasteiger partial charge in [0.1, 0.15) is 4.90 Å². The Morgan fingerprint density at radius 1 is 1.48 bits per heavy atom. The highest BCUT2D eigenvalue weighted by molar-refractivity contribution is 7.89. The van der Waals surface area contributed by atoms with Crippen LogP contribution < -0.4 is 5.73 Å². The number of benzene rings is 1. The van der Waals surface area contributed by atoms with Crippen molar-refractivity contribution in [2.45, 2.75) is 23.8 Å². The van der Waals surface area contributed by atoms with Crippen LogP contribution in [-0.2, 0) is 10.0 Å². The van der Waals surface area contributed by atoms with E-state index in [9.17, 15) is 13.5 Å². The van der Waals surface area contributed by atoms with Crippen LogP contribution in [0.3, 0.4) is 0 Å². The van der Waals surface area contributed by atoms with Crippen molar-refractivity contribution in [3.63, 3.8) is 0 Å². The molecule has 1 aromatic rings. The van der Waals surface area contributed by atoms with Gasteiger partial charge in [-0.05, 0) is 31.0 Å². The molecule has 114 valence electrons. The predicted molar refractivity (Wildman–Crippen MR) is 81.4 cm³/mol. The smallest absolute Gasteiger partial charge is 0.244 e. The normalized spacial score (nSPS) is 19.9. The molecule has 1 aliphatic heterocycles. The van der Waals surface area contributed by atoms with Gasteiger partial charge < -0.3 is 10.8 Å². The molecule has 1 unspecified atom stereocenters. The predicted octanol–water partition coefficient (Wildman–Crippen LogP) is 0.796. The third-order valence-electron chi connectivity index (χ3n) is 3.24. The van der Waals surface area contributed by atoms with Crippen LogP contribution in [0.5, 0.6) is 0 Å². The summed E-state index contributed by atoms with van der Waals surface area (Å²) < 4.78 is 26.4. The maximum atomic E-state index is 12.6. The van der Waals surface area contributed by atoms with Gasteiger partial charge in [-0.2, -0.15) is 4.31 Å². The zero-order valence-electron chi connectivity index (χ0n) is 11.4. The molecule has 0 amide bonds. The van der Waals surface area contributed by atoms with Gasteiger partial charge in [0.2, 0.25) is 10.0 Å². The Kier molecular flexibility index (Phi) is 5.25. The van der Waals surface area contributed by atoms with Gasteiger partial charge >= 0.3 is 0 Å². The molecular formula is C14H17ClN2O3S.